The quantitative estimate of drug-likeness (QED) is 0.0207. The summed E-state index contributed by atoms with van der Waals surface area (Å²) in [5, 5.41) is 49.9. The van der Waals surface area contributed by atoms with Crippen molar-refractivity contribution in [3.05, 3.63) is 60.8 Å². The molecule has 1 saturated carbocycles. The van der Waals surface area contributed by atoms with Gasteiger partial charge in [-0.3, -0.25) is 18.6 Å². The number of hydrogen-bond acceptors (Lipinski definition) is 12. The van der Waals surface area contributed by atoms with E-state index >= 15 is 0 Å². The summed E-state index contributed by atoms with van der Waals surface area (Å²) in [6.07, 6.45) is 21.8. The minimum Gasteiger partial charge on any atom is -0.462 e. The van der Waals surface area contributed by atoms with Gasteiger partial charge in [-0.2, -0.15) is 0 Å². The van der Waals surface area contributed by atoms with Gasteiger partial charge in [0.15, 0.2) is 6.10 Å². The molecule has 0 saturated heterocycles. The lowest BCUT2D eigenvalue weighted by Crippen LogP contribution is -2.64. The van der Waals surface area contributed by atoms with Crippen LogP contribution in [-0.4, -0.2) is 98.3 Å². The first-order valence-electron chi connectivity index (χ1n) is 19.6. The van der Waals surface area contributed by atoms with Gasteiger partial charge in [-0.05, 0) is 51.4 Å². The Morgan fingerprint density at radius 3 is 1.59 bits per heavy atom. The van der Waals surface area contributed by atoms with Crippen LogP contribution < -0.4 is 0 Å². The second-order valence-electron chi connectivity index (χ2n) is 13.4. The first kappa shape index (κ1) is 49.6. The zero-order valence-electron chi connectivity index (χ0n) is 32.2. The zero-order chi connectivity index (χ0) is 40.0. The average Bonchev–Trinajstić information content (AvgIpc) is 3.15. The molecule has 1 fully saturated rings. The van der Waals surface area contributed by atoms with Crippen molar-refractivity contribution in [2.45, 2.75) is 166 Å². The van der Waals surface area contributed by atoms with Gasteiger partial charge in [0.05, 0.1) is 6.61 Å². The van der Waals surface area contributed by atoms with Crippen molar-refractivity contribution in [2.75, 3.05) is 13.2 Å². The number of esters is 2. The van der Waals surface area contributed by atoms with Crippen LogP contribution in [0.2, 0.25) is 0 Å². The molecule has 8 atom stereocenters. The third-order valence-corrected chi connectivity index (χ3v) is 9.61. The predicted molar refractivity (Wildman–Crippen MR) is 207 cm³/mol. The normalized spacial score (nSPS) is 23.9. The minimum atomic E-state index is -5.12. The van der Waals surface area contributed by atoms with Crippen LogP contribution in [0.15, 0.2) is 60.8 Å². The molecule has 0 radical (unpaired) electrons. The van der Waals surface area contributed by atoms with Crippen LogP contribution in [-0.2, 0) is 32.7 Å². The van der Waals surface area contributed by atoms with E-state index in [1.165, 1.54) is 12.8 Å². The number of hydrogen-bond donors (Lipinski definition) is 6. The van der Waals surface area contributed by atoms with Gasteiger partial charge in [-0.25, -0.2) is 4.57 Å². The van der Waals surface area contributed by atoms with Crippen LogP contribution in [0.25, 0.3) is 0 Å². The smallest absolute Gasteiger partial charge is 0.462 e. The molecule has 54 heavy (non-hydrogen) atoms. The van der Waals surface area contributed by atoms with E-state index in [1.807, 2.05) is 12.2 Å². The lowest BCUT2D eigenvalue weighted by Gasteiger charge is -2.41. The first-order valence-corrected chi connectivity index (χ1v) is 21.1. The largest absolute Gasteiger partial charge is 0.472 e. The van der Waals surface area contributed by atoms with E-state index in [1.54, 1.807) is 0 Å². The fourth-order valence-electron chi connectivity index (χ4n) is 5.44. The Hall–Kier alpha value is -2.45. The zero-order valence-corrected chi connectivity index (χ0v) is 33.1. The molecule has 14 heteroatoms. The number of phosphoric ester groups is 1. The van der Waals surface area contributed by atoms with Gasteiger partial charge in [0.25, 0.3) is 0 Å². The topological polar surface area (TPSA) is 210 Å². The Balaban J connectivity index is 2.54. The number of phosphoric acid groups is 1. The fourth-order valence-corrected chi connectivity index (χ4v) is 6.41. The van der Waals surface area contributed by atoms with E-state index in [9.17, 15) is 44.6 Å². The highest BCUT2D eigenvalue weighted by molar-refractivity contribution is 7.47. The van der Waals surface area contributed by atoms with Crippen LogP contribution in [0.4, 0.5) is 0 Å². The number of allylic oxidation sites excluding steroid dienone is 10. The Kier molecular flexibility index (Phi) is 28.2. The number of aliphatic hydroxyl groups excluding tert-OH is 5. The molecule has 0 aromatic rings. The molecule has 0 bridgehead atoms. The maximum Gasteiger partial charge on any atom is 0.472 e. The summed E-state index contributed by atoms with van der Waals surface area (Å²) in [7, 11) is -5.12. The van der Waals surface area contributed by atoms with Crippen molar-refractivity contribution >= 4 is 19.8 Å². The van der Waals surface area contributed by atoms with Crippen LogP contribution in [0.5, 0.6) is 0 Å². The van der Waals surface area contributed by atoms with Gasteiger partial charge >= 0.3 is 19.8 Å². The maximum atomic E-state index is 12.7. The first-order chi connectivity index (χ1) is 25.9. The van der Waals surface area contributed by atoms with E-state index in [2.05, 4.69) is 62.5 Å². The summed E-state index contributed by atoms with van der Waals surface area (Å²) in [6, 6.07) is 0. The Labute approximate surface area is 322 Å². The van der Waals surface area contributed by atoms with E-state index in [4.69, 9.17) is 18.5 Å². The van der Waals surface area contributed by atoms with E-state index in [0.717, 1.165) is 64.2 Å². The summed E-state index contributed by atoms with van der Waals surface area (Å²) in [6.45, 7) is 3.05. The standard InChI is InChI=1S/C40H67O13P/c1-3-5-7-9-11-13-14-15-16-17-18-19-20-21-23-24-26-28-33(41)50-30-32(52-34(42)29-27-25-22-12-10-8-6-4-2)31-51-54(48,49)53-40-38(46)36(44)35(43)37(45)39(40)47/h5,7,11,13,15-16,18-19,21,23,32,35-40,43-47H,3-4,6,8-10,12,14,17,20,22,24-31H2,1-2H3,(H,48,49)/b7-5+,13-11+,16-15+,19-18+,23-21+/t32-,35?,36-,37?,38?,39?,40?/m0/s1. The SMILES string of the molecule is CC/C=C/C/C=C/C/C=C/C/C=C/C/C=C/CCCC(=O)OC[C@@H](COP(=O)(O)OC1C(O)C(O)C(O)[C@H](O)C1O)OC(=O)CCCCCCCCCC. The summed E-state index contributed by atoms with van der Waals surface area (Å²) >= 11 is 0. The van der Waals surface area contributed by atoms with E-state index in [-0.39, 0.29) is 12.8 Å². The van der Waals surface area contributed by atoms with Crippen molar-refractivity contribution < 1.29 is 63.1 Å². The maximum absolute atomic E-state index is 12.7. The highest BCUT2D eigenvalue weighted by Gasteiger charge is 2.51. The molecule has 0 spiro atoms. The number of carbonyl (C=O) groups excluding carboxylic acids is 2. The molecule has 6 unspecified atom stereocenters. The second-order valence-corrected chi connectivity index (χ2v) is 14.8. The lowest BCUT2D eigenvalue weighted by molar-refractivity contribution is -0.220. The molecule has 0 aromatic carbocycles. The molecule has 6 N–H and O–H groups in total. The average molecular weight is 787 g/mol. The number of ether oxygens (including phenoxy) is 2. The fraction of sp³-hybridized carbons (Fsp3) is 0.700. The summed E-state index contributed by atoms with van der Waals surface area (Å²) in [5.74, 6) is -1.18. The number of rotatable bonds is 30. The highest BCUT2D eigenvalue weighted by atomic mass is 31.2. The molecule has 0 amide bonds. The minimum absolute atomic E-state index is 0.0818. The molecular formula is C40H67O13P. The Morgan fingerprint density at radius 2 is 1.06 bits per heavy atom. The molecule has 1 aliphatic rings. The Morgan fingerprint density at radius 1 is 0.593 bits per heavy atom. The molecule has 1 rings (SSSR count). The van der Waals surface area contributed by atoms with Gasteiger partial charge in [-0.15, -0.1) is 0 Å². The van der Waals surface area contributed by atoms with Crippen molar-refractivity contribution in [2.24, 2.45) is 0 Å². The predicted octanol–water partition coefficient (Wildman–Crippen LogP) is 6.21. The van der Waals surface area contributed by atoms with Crippen LogP contribution in [0.3, 0.4) is 0 Å². The molecule has 0 aliphatic heterocycles. The molecule has 310 valence electrons. The number of carbonyl (C=O) groups is 2. The summed E-state index contributed by atoms with van der Waals surface area (Å²) in [4.78, 5) is 35.3. The molecule has 1 aliphatic carbocycles. The van der Waals surface area contributed by atoms with Gasteiger partial charge in [0.1, 0.15) is 43.2 Å². The lowest BCUT2D eigenvalue weighted by atomic mass is 9.85. The van der Waals surface area contributed by atoms with Crippen molar-refractivity contribution in [1.82, 2.24) is 0 Å². The van der Waals surface area contributed by atoms with E-state index in [0.29, 0.717) is 19.3 Å². The Bertz CT molecular complexity index is 1180. The van der Waals surface area contributed by atoms with Crippen molar-refractivity contribution in [3.8, 4) is 0 Å². The molecule has 0 aromatic heterocycles. The second kappa shape index (κ2) is 30.7. The van der Waals surface area contributed by atoms with Gasteiger partial charge < -0.3 is 39.9 Å². The number of aliphatic hydroxyl groups is 5. The third-order valence-electron chi connectivity index (χ3n) is 8.62. The highest BCUT2D eigenvalue weighted by Crippen LogP contribution is 2.47. The monoisotopic (exact) mass is 786 g/mol. The van der Waals surface area contributed by atoms with Crippen LogP contribution in [0, 0.1) is 0 Å². The van der Waals surface area contributed by atoms with Crippen molar-refractivity contribution in [3.63, 3.8) is 0 Å². The summed E-state index contributed by atoms with van der Waals surface area (Å²) < 4.78 is 33.2. The van der Waals surface area contributed by atoms with Gasteiger partial charge in [0.2, 0.25) is 0 Å². The number of unbranched alkanes of at least 4 members (excludes halogenated alkanes) is 8. The van der Waals surface area contributed by atoms with Gasteiger partial charge in [-0.1, -0.05) is 120 Å². The van der Waals surface area contributed by atoms with E-state index < -0.39 is 75.7 Å². The van der Waals surface area contributed by atoms with Gasteiger partial charge in [0, 0.05) is 12.8 Å². The third kappa shape index (κ3) is 23.5. The molecular weight excluding hydrogens is 719 g/mol. The van der Waals surface area contributed by atoms with Crippen molar-refractivity contribution in [1.29, 1.82) is 0 Å². The summed E-state index contributed by atoms with van der Waals surface area (Å²) in [5.41, 5.74) is 0. The van der Waals surface area contributed by atoms with Crippen LogP contribution in [0.1, 0.15) is 123 Å². The molecule has 0 heterocycles. The van der Waals surface area contributed by atoms with Crippen LogP contribution >= 0.6 is 7.82 Å². The molecule has 13 nitrogen and oxygen atoms in total.